The van der Waals surface area contributed by atoms with Gasteiger partial charge in [0.2, 0.25) is 5.91 Å². The number of carbonyl (C=O) groups excluding carboxylic acids is 1. The third-order valence-corrected chi connectivity index (χ3v) is 7.16. The summed E-state index contributed by atoms with van der Waals surface area (Å²) in [5.74, 6) is -0.355. The highest BCUT2D eigenvalue weighted by Crippen LogP contribution is 2.61. The van der Waals surface area contributed by atoms with E-state index in [9.17, 15) is 13.2 Å². The fourth-order valence-electron chi connectivity index (χ4n) is 3.63. The van der Waals surface area contributed by atoms with Crippen molar-refractivity contribution < 1.29 is 13.2 Å². The molecule has 2 aromatic carbocycles. The van der Waals surface area contributed by atoms with Crippen molar-refractivity contribution >= 4 is 27.5 Å². The van der Waals surface area contributed by atoms with Gasteiger partial charge in [-0.1, -0.05) is 47.5 Å². The van der Waals surface area contributed by atoms with Crippen LogP contribution in [0.2, 0.25) is 5.02 Å². The highest BCUT2D eigenvalue weighted by Gasteiger charge is 2.69. The molecule has 0 N–H and O–H groups in total. The van der Waals surface area contributed by atoms with Gasteiger partial charge in [0.25, 0.3) is 10.0 Å². The topological polar surface area (TPSA) is 54.5 Å². The van der Waals surface area contributed by atoms with Gasteiger partial charge in [-0.15, -0.1) is 0 Å². The molecule has 1 amide bonds. The van der Waals surface area contributed by atoms with Gasteiger partial charge in [0.05, 0.1) is 10.3 Å². The Morgan fingerprint density at radius 3 is 2.46 bits per heavy atom. The minimum Gasteiger partial charge on any atom is -0.273 e. The van der Waals surface area contributed by atoms with Gasteiger partial charge < -0.3 is 0 Å². The Bertz CT molecular complexity index is 939. The molecule has 1 saturated carbocycles. The molecule has 0 bridgehead atoms. The van der Waals surface area contributed by atoms with Gasteiger partial charge in [0.15, 0.2) is 0 Å². The first-order valence-corrected chi connectivity index (χ1v) is 9.58. The number of nitrogens with zero attached hydrogens (tertiary/aromatic N) is 1. The van der Waals surface area contributed by atoms with Crippen LogP contribution in [0.3, 0.4) is 0 Å². The summed E-state index contributed by atoms with van der Waals surface area (Å²) in [5.41, 5.74) is 0.941. The molecule has 1 aliphatic carbocycles. The molecule has 24 heavy (non-hydrogen) atoms. The van der Waals surface area contributed by atoms with Crippen LogP contribution >= 0.6 is 11.6 Å². The van der Waals surface area contributed by atoms with Crippen molar-refractivity contribution in [2.24, 2.45) is 5.92 Å². The van der Waals surface area contributed by atoms with E-state index in [1.54, 1.807) is 36.4 Å². The van der Waals surface area contributed by atoms with Crippen molar-refractivity contribution in [3.05, 3.63) is 64.7 Å². The molecule has 0 aromatic heterocycles. The third-order valence-electron chi connectivity index (χ3n) is 5.06. The Kier molecular flexibility index (Phi) is 3.31. The molecule has 1 heterocycles. The van der Waals surface area contributed by atoms with E-state index in [0.717, 1.165) is 15.4 Å². The highest BCUT2D eigenvalue weighted by molar-refractivity contribution is 7.89. The molecule has 0 radical (unpaired) electrons. The van der Waals surface area contributed by atoms with E-state index in [2.05, 4.69) is 0 Å². The van der Waals surface area contributed by atoms with E-state index < -0.39 is 15.4 Å². The molecular formula is C18H16ClNO3S. The molecule has 2 aromatic rings. The molecule has 2 aliphatic rings. The maximum Gasteiger partial charge on any atom is 0.266 e. The molecule has 6 heteroatoms. The summed E-state index contributed by atoms with van der Waals surface area (Å²) < 4.78 is 26.7. The van der Waals surface area contributed by atoms with Crippen molar-refractivity contribution in [1.82, 2.24) is 4.31 Å². The summed E-state index contributed by atoms with van der Waals surface area (Å²) in [4.78, 5) is 13.1. The number of piperidine rings is 1. The third kappa shape index (κ3) is 2.04. The minimum absolute atomic E-state index is 0.00474. The van der Waals surface area contributed by atoms with Crippen LogP contribution < -0.4 is 0 Å². The van der Waals surface area contributed by atoms with Crippen LogP contribution in [0.5, 0.6) is 0 Å². The number of rotatable bonds is 3. The zero-order valence-corrected chi connectivity index (χ0v) is 14.6. The number of carbonyl (C=O) groups is 1. The van der Waals surface area contributed by atoms with Crippen molar-refractivity contribution in [2.75, 3.05) is 6.54 Å². The second-order valence-corrected chi connectivity index (χ2v) is 8.78. The van der Waals surface area contributed by atoms with Crippen LogP contribution in [0.1, 0.15) is 17.5 Å². The van der Waals surface area contributed by atoms with Gasteiger partial charge in [0.1, 0.15) is 0 Å². The number of halogens is 1. The largest absolute Gasteiger partial charge is 0.273 e. The fourth-order valence-corrected chi connectivity index (χ4v) is 5.43. The van der Waals surface area contributed by atoms with E-state index in [1.165, 1.54) is 0 Å². The summed E-state index contributed by atoms with van der Waals surface area (Å²) in [5, 5.41) is 0.517. The Balaban J connectivity index is 1.73. The molecular weight excluding hydrogens is 346 g/mol. The second-order valence-electron chi connectivity index (χ2n) is 6.51. The lowest BCUT2D eigenvalue weighted by Crippen LogP contribution is -2.38. The highest BCUT2D eigenvalue weighted by atomic mass is 35.5. The lowest BCUT2D eigenvalue weighted by Gasteiger charge is -2.21. The van der Waals surface area contributed by atoms with Gasteiger partial charge in [-0.3, -0.25) is 4.79 Å². The second kappa shape index (κ2) is 5.07. The average Bonchev–Trinajstić information content (AvgIpc) is 3.20. The van der Waals surface area contributed by atoms with E-state index in [4.69, 9.17) is 11.6 Å². The SMILES string of the molecule is Cc1ccc(S(=O)(=O)N2C[C@@H]3C[C@]3(c3ccccc3Cl)C2=O)cc1. The monoisotopic (exact) mass is 361 g/mol. The lowest BCUT2D eigenvalue weighted by atomic mass is 9.94. The summed E-state index contributed by atoms with van der Waals surface area (Å²) in [6.45, 7) is 2.11. The van der Waals surface area contributed by atoms with Crippen molar-refractivity contribution in [3.63, 3.8) is 0 Å². The molecule has 1 aliphatic heterocycles. The smallest absolute Gasteiger partial charge is 0.266 e. The van der Waals surface area contributed by atoms with Crippen LogP contribution in [0.4, 0.5) is 0 Å². The number of hydrogen-bond acceptors (Lipinski definition) is 3. The molecule has 0 unspecified atom stereocenters. The van der Waals surface area contributed by atoms with E-state index in [0.29, 0.717) is 11.4 Å². The molecule has 124 valence electrons. The number of amides is 1. The van der Waals surface area contributed by atoms with Crippen LogP contribution in [-0.4, -0.2) is 25.2 Å². The molecule has 4 nitrogen and oxygen atoms in total. The van der Waals surface area contributed by atoms with Crippen molar-refractivity contribution in [2.45, 2.75) is 23.7 Å². The summed E-state index contributed by atoms with van der Waals surface area (Å²) in [6.07, 6.45) is 0.662. The van der Waals surface area contributed by atoms with Gasteiger partial charge in [0, 0.05) is 11.6 Å². The normalized spacial score (nSPS) is 25.7. The number of aryl methyl sites for hydroxylation is 1. The summed E-state index contributed by atoms with van der Waals surface area (Å²) in [7, 11) is -3.83. The molecule has 2 atom stereocenters. The Hall–Kier alpha value is -1.85. The van der Waals surface area contributed by atoms with E-state index in [-0.39, 0.29) is 23.3 Å². The number of sulfonamides is 1. The number of hydrogen-bond donors (Lipinski definition) is 0. The van der Waals surface area contributed by atoms with Crippen molar-refractivity contribution in [1.29, 1.82) is 0 Å². The van der Waals surface area contributed by atoms with Crippen LogP contribution in [-0.2, 0) is 20.2 Å². The first-order valence-electron chi connectivity index (χ1n) is 7.76. The standard InChI is InChI=1S/C18H16ClNO3S/c1-12-6-8-14(9-7-12)24(22,23)20-11-13-10-18(13,17(20)21)15-4-2-3-5-16(15)19/h2-9,13H,10-11H2,1H3/t13-,18-/m0/s1. The molecule has 4 rings (SSSR count). The zero-order valence-electron chi connectivity index (χ0n) is 13.1. The van der Waals surface area contributed by atoms with Crippen molar-refractivity contribution in [3.8, 4) is 0 Å². The first kappa shape index (κ1) is 15.7. The number of benzene rings is 2. The van der Waals surface area contributed by atoms with Gasteiger partial charge in [-0.05, 0) is 43.0 Å². The fraction of sp³-hybridized carbons (Fsp3) is 0.278. The van der Waals surface area contributed by atoms with E-state index in [1.807, 2.05) is 19.1 Å². The van der Waals surface area contributed by atoms with Crippen LogP contribution in [0.15, 0.2) is 53.4 Å². The molecule has 1 saturated heterocycles. The van der Waals surface area contributed by atoms with Gasteiger partial charge in [-0.2, -0.15) is 0 Å². The van der Waals surface area contributed by atoms with E-state index >= 15 is 0 Å². The summed E-state index contributed by atoms with van der Waals surface area (Å²) in [6, 6.07) is 13.8. The lowest BCUT2D eigenvalue weighted by molar-refractivity contribution is -0.126. The van der Waals surface area contributed by atoms with Gasteiger partial charge in [-0.25, -0.2) is 12.7 Å². The maximum absolute atomic E-state index is 13.0. The van der Waals surface area contributed by atoms with Crippen LogP contribution in [0.25, 0.3) is 0 Å². The Morgan fingerprint density at radius 2 is 1.79 bits per heavy atom. The predicted molar refractivity (Wildman–Crippen MR) is 91.3 cm³/mol. The summed E-state index contributed by atoms with van der Waals surface area (Å²) >= 11 is 6.26. The first-order chi connectivity index (χ1) is 11.4. The Morgan fingerprint density at radius 1 is 1.12 bits per heavy atom. The minimum atomic E-state index is -3.83. The predicted octanol–water partition coefficient (Wildman–Crippen LogP) is 3.14. The average molecular weight is 362 g/mol. The van der Waals surface area contributed by atoms with Gasteiger partial charge >= 0.3 is 0 Å². The maximum atomic E-state index is 13.0. The Labute approximate surface area is 146 Å². The molecule has 0 spiro atoms. The van der Waals surface area contributed by atoms with Crippen LogP contribution in [0, 0.1) is 12.8 Å². The zero-order chi connectivity index (χ0) is 17.1. The number of fused-ring (bicyclic) bond motifs is 1. The molecule has 2 fully saturated rings. The quantitative estimate of drug-likeness (QED) is 0.843.